The van der Waals surface area contributed by atoms with Crippen LogP contribution in [0.2, 0.25) is 0 Å². The standard InChI is InChI=1S/C20H23N3O3S2/c1-10-11(2)27-19-17(10)20(22-13(4)21-19)28-12(3)18(24)23-14-7-8-15(25-5)16(9-14)26-6/h7-9,12H,1-6H3,(H,23,24)/t12-/m1/s1. The predicted molar refractivity (Wildman–Crippen MR) is 115 cm³/mol. The summed E-state index contributed by atoms with van der Waals surface area (Å²) >= 11 is 3.11. The van der Waals surface area contributed by atoms with E-state index in [0.29, 0.717) is 23.0 Å². The number of ether oxygens (including phenoxy) is 2. The minimum absolute atomic E-state index is 0.105. The smallest absolute Gasteiger partial charge is 0.237 e. The maximum Gasteiger partial charge on any atom is 0.237 e. The van der Waals surface area contributed by atoms with Gasteiger partial charge in [-0.15, -0.1) is 11.3 Å². The van der Waals surface area contributed by atoms with Gasteiger partial charge in [0, 0.05) is 22.0 Å². The molecule has 8 heteroatoms. The number of aromatic nitrogens is 2. The summed E-state index contributed by atoms with van der Waals surface area (Å²) in [6.45, 7) is 7.91. The molecule has 0 saturated heterocycles. The number of nitrogens with one attached hydrogen (secondary N) is 1. The van der Waals surface area contributed by atoms with Crippen LogP contribution in [0.3, 0.4) is 0 Å². The number of hydrogen-bond acceptors (Lipinski definition) is 7. The van der Waals surface area contributed by atoms with E-state index in [1.165, 1.54) is 22.2 Å². The number of fused-ring (bicyclic) bond motifs is 1. The molecule has 1 amide bonds. The van der Waals surface area contributed by atoms with Crippen LogP contribution in [0.5, 0.6) is 11.5 Å². The number of benzene rings is 1. The molecule has 0 unspecified atom stereocenters. The van der Waals surface area contributed by atoms with Gasteiger partial charge >= 0.3 is 0 Å². The van der Waals surface area contributed by atoms with Crippen molar-refractivity contribution in [2.24, 2.45) is 0 Å². The fourth-order valence-electron chi connectivity index (χ4n) is 2.78. The van der Waals surface area contributed by atoms with Crippen molar-refractivity contribution in [1.29, 1.82) is 0 Å². The highest BCUT2D eigenvalue weighted by Gasteiger charge is 2.20. The molecule has 0 aliphatic heterocycles. The first-order valence-electron chi connectivity index (χ1n) is 8.78. The van der Waals surface area contributed by atoms with Crippen molar-refractivity contribution >= 4 is 44.9 Å². The molecule has 1 aromatic carbocycles. The molecule has 0 radical (unpaired) electrons. The second-order valence-corrected chi connectivity index (χ2v) is 8.89. The van der Waals surface area contributed by atoms with Crippen LogP contribution in [0.25, 0.3) is 10.2 Å². The minimum Gasteiger partial charge on any atom is -0.493 e. The Kier molecular flexibility index (Phi) is 6.10. The maximum atomic E-state index is 12.7. The maximum absolute atomic E-state index is 12.7. The third kappa shape index (κ3) is 4.07. The van der Waals surface area contributed by atoms with E-state index in [2.05, 4.69) is 29.1 Å². The summed E-state index contributed by atoms with van der Waals surface area (Å²) in [5, 5.41) is 4.50. The number of anilines is 1. The van der Waals surface area contributed by atoms with Crippen LogP contribution in [0.1, 0.15) is 23.2 Å². The summed E-state index contributed by atoms with van der Waals surface area (Å²) in [7, 11) is 3.14. The van der Waals surface area contributed by atoms with Gasteiger partial charge in [-0.1, -0.05) is 11.8 Å². The Balaban J connectivity index is 1.81. The Morgan fingerprint density at radius 2 is 1.86 bits per heavy atom. The number of carbonyl (C=O) groups is 1. The third-order valence-corrected chi connectivity index (χ3v) is 6.60. The quantitative estimate of drug-likeness (QED) is 0.461. The molecule has 2 heterocycles. The van der Waals surface area contributed by atoms with Crippen LogP contribution in [-0.2, 0) is 4.79 Å². The zero-order valence-electron chi connectivity index (χ0n) is 16.7. The summed E-state index contributed by atoms with van der Waals surface area (Å²) in [6, 6.07) is 5.30. The lowest BCUT2D eigenvalue weighted by Crippen LogP contribution is -2.22. The summed E-state index contributed by atoms with van der Waals surface area (Å²) in [4.78, 5) is 24.1. The molecular formula is C20H23N3O3S2. The summed E-state index contributed by atoms with van der Waals surface area (Å²) in [5.41, 5.74) is 1.83. The van der Waals surface area contributed by atoms with E-state index < -0.39 is 0 Å². The van der Waals surface area contributed by atoms with E-state index in [4.69, 9.17) is 9.47 Å². The fraction of sp³-hybridized carbons (Fsp3) is 0.350. The second-order valence-electron chi connectivity index (χ2n) is 6.36. The number of hydrogen-bond donors (Lipinski definition) is 1. The van der Waals surface area contributed by atoms with Crippen molar-refractivity contribution in [3.05, 3.63) is 34.5 Å². The SMILES string of the molecule is COc1ccc(NC(=O)[C@@H](C)Sc2nc(C)nc3sc(C)c(C)c23)cc1OC. The van der Waals surface area contributed by atoms with Gasteiger partial charge in [0.2, 0.25) is 5.91 Å². The lowest BCUT2D eigenvalue weighted by atomic mass is 10.2. The molecule has 6 nitrogen and oxygen atoms in total. The molecule has 1 N–H and O–H groups in total. The molecule has 28 heavy (non-hydrogen) atoms. The fourth-order valence-corrected chi connectivity index (χ4v) is 4.97. The first-order chi connectivity index (χ1) is 13.3. The number of thiophene rings is 1. The monoisotopic (exact) mass is 417 g/mol. The van der Waals surface area contributed by atoms with E-state index in [1.54, 1.807) is 43.8 Å². The molecule has 0 aliphatic rings. The zero-order chi connectivity index (χ0) is 20.4. The van der Waals surface area contributed by atoms with Crippen molar-refractivity contribution in [3.63, 3.8) is 0 Å². The average molecular weight is 418 g/mol. The van der Waals surface area contributed by atoms with Gasteiger partial charge in [-0.3, -0.25) is 4.79 Å². The Bertz CT molecular complexity index is 1030. The van der Waals surface area contributed by atoms with Gasteiger partial charge in [0.15, 0.2) is 11.5 Å². The van der Waals surface area contributed by atoms with Crippen molar-refractivity contribution in [2.75, 3.05) is 19.5 Å². The molecule has 148 valence electrons. The Hall–Kier alpha value is -2.32. The third-order valence-electron chi connectivity index (χ3n) is 4.42. The Morgan fingerprint density at radius 1 is 1.14 bits per heavy atom. The molecule has 0 fully saturated rings. The number of aryl methyl sites for hydroxylation is 3. The molecular weight excluding hydrogens is 394 g/mol. The molecule has 2 aromatic heterocycles. The van der Waals surface area contributed by atoms with Gasteiger partial charge in [-0.05, 0) is 45.4 Å². The van der Waals surface area contributed by atoms with E-state index in [9.17, 15) is 4.79 Å². The molecule has 0 aliphatic carbocycles. The average Bonchev–Trinajstić information content (AvgIpc) is 2.95. The first kappa shape index (κ1) is 20.4. The Morgan fingerprint density at radius 3 is 2.54 bits per heavy atom. The lowest BCUT2D eigenvalue weighted by Gasteiger charge is -2.14. The first-order valence-corrected chi connectivity index (χ1v) is 10.5. The van der Waals surface area contributed by atoms with E-state index in [-0.39, 0.29) is 11.2 Å². The molecule has 0 spiro atoms. The van der Waals surface area contributed by atoms with Crippen molar-refractivity contribution in [3.8, 4) is 11.5 Å². The predicted octanol–water partition coefficient (Wildman–Crippen LogP) is 4.75. The van der Waals surface area contributed by atoms with Crippen molar-refractivity contribution < 1.29 is 14.3 Å². The highest BCUT2D eigenvalue weighted by molar-refractivity contribution is 8.00. The zero-order valence-corrected chi connectivity index (χ0v) is 18.4. The minimum atomic E-state index is -0.329. The van der Waals surface area contributed by atoms with Crippen LogP contribution in [0.15, 0.2) is 23.2 Å². The van der Waals surface area contributed by atoms with Crippen LogP contribution in [-0.4, -0.2) is 35.3 Å². The van der Waals surface area contributed by atoms with E-state index in [0.717, 1.165) is 15.2 Å². The molecule has 0 bridgehead atoms. The number of amides is 1. The normalized spacial score (nSPS) is 12.1. The molecule has 0 saturated carbocycles. The van der Waals surface area contributed by atoms with Crippen molar-refractivity contribution in [2.45, 2.75) is 38.0 Å². The number of thioether (sulfide) groups is 1. The van der Waals surface area contributed by atoms with Gasteiger partial charge in [0.1, 0.15) is 15.7 Å². The van der Waals surface area contributed by atoms with Crippen LogP contribution < -0.4 is 14.8 Å². The number of methoxy groups -OCH3 is 2. The van der Waals surface area contributed by atoms with Gasteiger partial charge in [-0.25, -0.2) is 9.97 Å². The number of carbonyl (C=O) groups excluding carboxylic acids is 1. The van der Waals surface area contributed by atoms with Crippen LogP contribution >= 0.6 is 23.1 Å². The van der Waals surface area contributed by atoms with Crippen LogP contribution in [0, 0.1) is 20.8 Å². The lowest BCUT2D eigenvalue weighted by molar-refractivity contribution is -0.115. The summed E-state index contributed by atoms with van der Waals surface area (Å²) in [6.07, 6.45) is 0. The number of nitrogens with zero attached hydrogens (tertiary/aromatic N) is 2. The molecule has 1 atom stereocenters. The van der Waals surface area contributed by atoms with Gasteiger partial charge in [0.05, 0.1) is 19.5 Å². The molecule has 3 rings (SSSR count). The Labute approximate surface area is 172 Å². The number of rotatable bonds is 6. The summed E-state index contributed by atoms with van der Waals surface area (Å²) < 4.78 is 10.5. The van der Waals surface area contributed by atoms with Crippen molar-refractivity contribution in [1.82, 2.24) is 9.97 Å². The largest absolute Gasteiger partial charge is 0.493 e. The van der Waals surface area contributed by atoms with Crippen LogP contribution in [0.4, 0.5) is 5.69 Å². The van der Waals surface area contributed by atoms with E-state index >= 15 is 0 Å². The topological polar surface area (TPSA) is 73.3 Å². The molecule has 3 aromatic rings. The van der Waals surface area contributed by atoms with E-state index in [1.807, 2.05) is 13.8 Å². The van der Waals surface area contributed by atoms with Gasteiger partial charge in [0.25, 0.3) is 0 Å². The van der Waals surface area contributed by atoms with Gasteiger partial charge < -0.3 is 14.8 Å². The highest BCUT2D eigenvalue weighted by atomic mass is 32.2. The second kappa shape index (κ2) is 8.36. The van der Waals surface area contributed by atoms with Gasteiger partial charge in [-0.2, -0.15) is 0 Å². The summed E-state index contributed by atoms with van der Waals surface area (Å²) in [5.74, 6) is 1.79. The highest BCUT2D eigenvalue weighted by Crippen LogP contribution is 2.37.